The van der Waals surface area contributed by atoms with Crippen molar-refractivity contribution in [3.05, 3.63) is 94.7 Å². The fourth-order valence-corrected chi connectivity index (χ4v) is 53.4. The van der Waals surface area contributed by atoms with Crippen LogP contribution in [0.15, 0.2) is 84.9 Å². The Hall–Kier alpha value is -0.799. The number of hydrogen-bond acceptors (Lipinski definition) is 7. The highest BCUT2D eigenvalue weighted by atomic mass is 32.1. The average Bonchev–Trinajstić information content (AvgIpc) is 1.66. The van der Waals surface area contributed by atoms with E-state index in [0.29, 0.717) is 0 Å². The molecule has 0 aliphatic carbocycles. The first-order valence-corrected chi connectivity index (χ1v) is 75.9. The predicted octanol–water partition coefficient (Wildman–Crippen LogP) is 43.0. The zero-order valence-electron chi connectivity index (χ0n) is 80.2. The van der Waals surface area contributed by atoms with Crippen LogP contribution in [0.3, 0.4) is 0 Å². The fraction of sp³-hybridized carbons (Fsp3) is 0.736. The van der Waals surface area contributed by atoms with Gasteiger partial charge in [0, 0.05) is 68.3 Å². The Kier molecular flexibility index (Phi) is 53.2. The van der Waals surface area contributed by atoms with Gasteiger partial charge in [-0.3, -0.25) is 0 Å². The molecule has 7 heterocycles. The molecule has 0 atom stereocenters. The Morgan fingerprint density at radius 2 is 0.269 bits per heavy atom. The van der Waals surface area contributed by atoms with Crippen molar-refractivity contribution >= 4 is 128 Å². The zero-order valence-corrected chi connectivity index (χ0v) is 91.9. The summed E-state index contributed by atoms with van der Waals surface area (Å²) >= 11 is 14.0. The van der Waals surface area contributed by atoms with Crippen molar-refractivity contribution in [2.24, 2.45) is 0 Å². The van der Waals surface area contributed by atoms with Crippen LogP contribution in [0, 0.1) is 0 Å². The highest BCUT2D eigenvalue weighted by Crippen LogP contribution is 2.49. The summed E-state index contributed by atoms with van der Waals surface area (Å²) in [7, 11) is -7.39. The van der Waals surface area contributed by atoms with Gasteiger partial charge in [-0.25, -0.2) is 0 Å². The van der Waals surface area contributed by atoms with Gasteiger partial charge in [-0.05, 0) is 111 Å². The van der Waals surface area contributed by atoms with Crippen molar-refractivity contribution in [2.45, 2.75) is 499 Å². The molecule has 13 heteroatoms. The maximum Gasteiger partial charge on any atom is 0.0504 e. The normalized spacial score (nSPS) is 12.8. The molecule has 0 bridgehead atoms. The van der Waals surface area contributed by atoms with Crippen LogP contribution in [-0.4, -0.2) is 48.4 Å². The molecule has 0 nitrogen and oxygen atoms in total. The van der Waals surface area contributed by atoms with Crippen LogP contribution in [0.2, 0.25) is 148 Å². The van der Waals surface area contributed by atoms with Gasteiger partial charge in [0.15, 0.2) is 0 Å². The molecule has 674 valence electrons. The summed E-state index contributed by atoms with van der Waals surface area (Å²) in [6.45, 7) is 36.4. The van der Waals surface area contributed by atoms with Gasteiger partial charge < -0.3 is 0 Å². The quantitative estimate of drug-likeness (QED) is 0.0263. The first kappa shape index (κ1) is 105. The van der Waals surface area contributed by atoms with Crippen molar-refractivity contribution in [2.75, 3.05) is 0 Å². The number of thiophene rings is 7. The van der Waals surface area contributed by atoms with E-state index in [1.54, 1.807) is 144 Å². The molecular weight excluding hydrogens is 1670 g/mol. The first-order chi connectivity index (χ1) is 57.8. The van der Waals surface area contributed by atoms with Crippen molar-refractivity contribution in [1.29, 1.82) is 0 Å². The lowest BCUT2D eigenvalue weighted by Gasteiger charge is -2.34. The van der Waals surface area contributed by atoms with Gasteiger partial charge >= 0.3 is 0 Å². The van der Waals surface area contributed by atoms with Crippen molar-refractivity contribution in [3.8, 4) is 58.5 Å². The Morgan fingerprint density at radius 1 is 0.143 bits per heavy atom. The molecular formula is C106H184S7Si6. The topological polar surface area (TPSA) is 0 Å². The SMILES string of the molecule is CCCCCC[Si](C)(CCCCCC)CCC[Si](C)(CCCCCCc1ccc(-c2ccc(-c3ccc(-c4ccc(-c5ccc(-c6ccc(-c7ccc(CCCCCC[Si](C)(CCC[Si](C)(CCCCCC)CCCCCC)CCC[Si](C)(CCCCCC)CCCCCC)s7)s6)s5)s4)s3)s2)s1)CCC[Si](C)(CCCCCC)CCCCCC. The van der Waals surface area contributed by atoms with E-state index in [2.05, 4.69) is 202 Å². The van der Waals surface area contributed by atoms with Crippen molar-refractivity contribution in [1.82, 2.24) is 0 Å². The second-order valence-corrected chi connectivity index (χ2v) is 79.4. The maximum absolute atomic E-state index is 2.92. The van der Waals surface area contributed by atoms with Gasteiger partial charge in [0.1, 0.15) is 0 Å². The van der Waals surface area contributed by atoms with Crippen LogP contribution in [0.25, 0.3) is 58.5 Å². The van der Waals surface area contributed by atoms with Crippen LogP contribution in [-0.2, 0) is 12.8 Å². The van der Waals surface area contributed by atoms with Gasteiger partial charge in [-0.1, -0.05) is 473 Å². The zero-order chi connectivity index (χ0) is 85.2. The molecule has 7 aromatic rings. The minimum atomic E-state index is -1.32. The smallest absolute Gasteiger partial charge is 0.0504 e. The lowest BCUT2D eigenvalue weighted by atomic mass is 10.1. The number of hydrogen-bond donors (Lipinski definition) is 0. The molecule has 0 spiro atoms. The monoisotopic (exact) mass is 1850 g/mol. The first-order valence-electron chi connectivity index (χ1n) is 51.5. The minimum absolute atomic E-state index is 1.19. The maximum atomic E-state index is 2.92. The summed E-state index contributed by atoms with van der Waals surface area (Å²) < 4.78 is 0. The third-order valence-corrected chi connectivity index (χ3v) is 66.0. The molecule has 0 aliphatic heterocycles. The molecule has 0 aromatic carbocycles. The van der Waals surface area contributed by atoms with E-state index in [1.165, 1.54) is 328 Å². The molecule has 0 amide bonds. The fourth-order valence-electron chi connectivity index (χ4n) is 20.6. The van der Waals surface area contributed by atoms with Gasteiger partial charge in [0.25, 0.3) is 0 Å². The van der Waals surface area contributed by atoms with E-state index >= 15 is 0 Å². The largest absolute Gasteiger partial charge is 0.139 e. The number of aryl methyl sites for hydroxylation is 2. The minimum Gasteiger partial charge on any atom is -0.139 e. The average molecular weight is 1850 g/mol. The molecule has 0 fully saturated rings. The molecule has 0 saturated heterocycles. The van der Waals surface area contributed by atoms with Gasteiger partial charge in [-0.15, -0.1) is 79.4 Å². The second-order valence-electron chi connectivity index (χ2n) is 40.9. The van der Waals surface area contributed by atoms with Crippen LogP contribution >= 0.6 is 79.4 Å². The van der Waals surface area contributed by atoms with Crippen LogP contribution in [0.4, 0.5) is 0 Å². The molecule has 0 saturated carbocycles. The third-order valence-electron chi connectivity index (χ3n) is 29.0. The highest BCUT2D eigenvalue weighted by Gasteiger charge is 2.35. The second kappa shape index (κ2) is 60.2. The Morgan fingerprint density at radius 3 is 0.429 bits per heavy atom. The van der Waals surface area contributed by atoms with E-state index in [4.69, 9.17) is 0 Å². The Labute approximate surface area is 772 Å². The summed E-state index contributed by atoms with van der Waals surface area (Å²) in [4.78, 5) is 20.1. The lowest BCUT2D eigenvalue weighted by Crippen LogP contribution is -2.34. The van der Waals surface area contributed by atoms with Crippen molar-refractivity contribution < 1.29 is 0 Å². The van der Waals surface area contributed by atoms with Crippen LogP contribution in [0.5, 0.6) is 0 Å². The van der Waals surface area contributed by atoms with Crippen LogP contribution < -0.4 is 0 Å². The summed E-state index contributed by atoms with van der Waals surface area (Å²) in [5, 5.41) is 0. The summed E-state index contributed by atoms with van der Waals surface area (Å²) in [6.07, 6.45) is 66.5. The highest BCUT2D eigenvalue weighted by molar-refractivity contribution is 7.31. The lowest BCUT2D eigenvalue weighted by molar-refractivity contribution is 0.663. The molecule has 0 aliphatic rings. The third kappa shape index (κ3) is 41.2. The number of unbranched alkanes of at least 4 members (excludes halogenated alkanes) is 30. The molecule has 119 heavy (non-hydrogen) atoms. The van der Waals surface area contributed by atoms with Crippen molar-refractivity contribution in [3.63, 3.8) is 0 Å². The predicted molar refractivity (Wildman–Crippen MR) is 576 cm³/mol. The van der Waals surface area contributed by atoms with E-state index in [9.17, 15) is 0 Å². The van der Waals surface area contributed by atoms with Gasteiger partial charge in [-0.2, -0.15) is 0 Å². The standard InChI is InChI=1S/C106H184S7Si6/c1-15-23-31-45-75-114(9,76-46-32-24-16-2)85-55-89-118(13,90-56-86-115(10,77-47-33-25-17-3)78-48-34-26-18-4)83-53-41-39-43-59-93-61-63-95(107-93)97-65-67-99(109-97)101-69-71-103(111-101)105-73-74-106(113-105)104-72-70-102(112-104)100-68-66-98(110-100)96-64-62-94(108-96)60-44-40-42-54-84-119(14,91-57-87-116(11,79-49-35-27-19-5)80-50-36-28-20-6)92-58-88-117(12,81-51-37-29-21-7)82-52-38-30-22-8/h61-74H,15-60,75-92H2,1-14H3. The van der Waals surface area contributed by atoms with Gasteiger partial charge in [0.05, 0.1) is 48.4 Å². The van der Waals surface area contributed by atoms with E-state index in [0.717, 1.165) is 0 Å². The Balaban J connectivity index is 0.870. The molecule has 0 radical (unpaired) electrons. The molecule has 0 N–H and O–H groups in total. The summed E-state index contributed by atoms with van der Waals surface area (Å²) in [5.74, 6) is 0. The Bertz CT molecular complexity index is 3280. The number of rotatable bonds is 76. The molecule has 7 aromatic heterocycles. The van der Waals surface area contributed by atoms with Gasteiger partial charge in [0.2, 0.25) is 0 Å². The van der Waals surface area contributed by atoms with E-state index < -0.39 is 48.4 Å². The molecule has 7 rings (SSSR count). The van der Waals surface area contributed by atoms with E-state index in [-0.39, 0.29) is 0 Å². The van der Waals surface area contributed by atoms with Crippen LogP contribution in [0.1, 0.15) is 348 Å². The summed E-state index contributed by atoms with van der Waals surface area (Å²) in [6, 6.07) is 62.7. The molecule has 0 unspecified atom stereocenters. The van der Waals surface area contributed by atoms with E-state index in [1.807, 2.05) is 56.7 Å². The summed E-state index contributed by atoms with van der Waals surface area (Å²) in [5.41, 5.74) is 0.